The minimum atomic E-state index is -3.39. The first-order chi connectivity index (χ1) is 11.7. The number of sulfonamides is 1. The van der Waals surface area contributed by atoms with Crippen molar-refractivity contribution in [3.05, 3.63) is 23.7 Å². The maximum absolute atomic E-state index is 12.9. The molecular formula is C17H24N2O5S. The molecule has 138 valence electrons. The summed E-state index contributed by atoms with van der Waals surface area (Å²) in [5.41, 5.74) is -0.812. The van der Waals surface area contributed by atoms with Gasteiger partial charge in [0.15, 0.2) is 5.76 Å². The molecular weight excluding hydrogens is 344 g/mol. The van der Waals surface area contributed by atoms with E-state index in [4.69, 9.17) is 9.15 Å². The monoisotopic (exact) mass is 368 g/mol. The van der Waals surface area contributed by atoms with Gasteiger partial charge in [-0.2, -0.15) is 4.31 Å². The van der Waals surface area contributed by atoms with Crippen molar-refractivity contribution in [3.63, 3.8) is 0 Å². The van der Waals surface area contributed by atoms with E-state index in [0.717, 1.165) is 0 Å². The molecule has 0 N–H and O–H groups in total. The molecule has 1 aromatic heterocycles. The fourth-order valence-electron chi connectivity index (χ4n) is 4.38. The van der Waals surface area contributed by atoms with Crippen LogP contribution in [0.15, 0.2) is 16.5 Å². The molecule has 7 nitrogen and oxygen atoms in total. The Morgan fingerprint density at radius 2 is 2.12 bits per heavy atom. The second kappa shape index (κ2) is 5.56. The second-order valence-electron chi connectivity index (χ2n) is 7.86. The minimum Gasteiger partial charge on any atom is -0.456 e. The number of likely N-dealkylation sites (tertiary alicyclic amines) is 1. The van der Waals surface area contributed by atoms with Crippen LogP contribution in [0, 0.1) is 12.8 Å². The Bertz CT molecular complexity index is 802. The van der Waals surface area contributed by atoms with E-state index in [1.165, 1.54) is 0 Å². The summed E-state index contributed by atoms with van der Waals surface area (Å²) in [6, 6.07) is 3.43. The minimum absolute atomic E-state index is 0.193. The Balaban J connectivity index is 1.61. The van der Waals surface area contributed by atoms with Gasteiger partial charge in [-0.15, -0.1) is 0 Å². The van der Waals surface area contributed by atoms with Gasteiger partial charge in [-0.05, 0) is 31.4 Å². The molecule has 4 rings (SSSR count). The SMILES string of the molecule is Cc1ccc(C(=O)N2C[C@H]3C[C@H]4[C@](C2)(CN(CC(C)C)S4(=O)=O)O3)o1. The lowest BCUT2D eigenvalue weighted by Crippen LogP contribution is -2.56. The van der Waals surface area contributed by atoms with Crippen molar-refractivity contribution in [2.45, 2.75) is 44.1 Å². The number of carbonyl (C=O) groups is 1. The topological polar surface area (TPSA) is 80.1 Å². The van der Waals surface area contributed by atoms with Gasteiger partial charge < -0.3 is 14.1 Å². The average Bonchev–Trinajstić information content (AvgIpc) is 3.11. The molecule has 0 radical (unpaired) electrons. The first-order valence-corrected chi connectivity index (χ1v) is 10.2. The summed E-state index contributed by atoms with van der Waals surface area (Å²) < 4.78 is 39.0. The van der Waals surface area contributed by atoms with Crippen molar-refractivity contribution in [2.75, 3.05) is 26.2 Å². The van der Waals surface area contributed by atoms with Crippen LogP contribution < -0.4 is 0 Å². The van der Waals surface area contributed by atoms with Crippen molar-refractivity contribution >= 4 is 15.9 Å². The maximum Gasteiger partial charge on any atom is 0.289 e. The highest BCUT2D eigenvalue weighted by molar-refractivity contribution is 7.90. The lowest BCUT2D eigenvalue weighted by Gasteiger charge is -2.39. The van der Waals surface area contributed by atoms with Crippen LogP contribution in [0.2, 0.25) is 0 Å². The number of nitrogens with zero attached hydrogens (tertiary/aromatic N) is 2. The van der Waals surface area contributed by atoms with Crippen LogP contribution in [-0.2, 0) is 14.8 Å². The molecule has 1 amide bonds. The first kappa shape index (κ1) is 17.1. The van der Waals surface area contributed by atoms with Gasteiger partial charge in [0, 0.05) is 19.6 Å². The Hall–Kier alpha value is -1.38. The number of amides is 1. The van der Waals surface area contributed by atoms with E-state index in [0.29, 0.717) is 44.1 Å². The fourth-order valence-corrected chi connectivity index (χ4v) is 6.85. The van der Waals surface area contributed by atoms with Gasteiger partial charge in [0.1, 0.15) is 16.6 Å². The van der Waals surface area contributed by atoms with Gasteiger partial charge in [0.2, 0.25) is 10.0 Å². The zero-order valence-corrected chi connectivity index (χ0v) is 15.6. The lowest BCUT2D eigenvalue weighted by atomic mass is 9.99. The zero-order chi connectivity index (χ0) is 18.0. The second-order valence-corrected chi connectivity index (χ2v) is 9.97. The van der Waals surface area contributed by atoms with E-state index in [2.05, 4.69) is 0 Å². The number of hydrogen-bond acceptors (Lipinski definition) is 5. The highest BCUT2D eigenvalue weighted by Crippen LogP contribution is 2.46. The van der Waals surface area contributed by atoms with Crippen LogP contribution in [0.3, 0.4) is 0 Å². The number of fused-ring (bicyclic) bond motifs is 1. The highest BCUT2D eigenvalue weighted by atomic mass is 32.2. The molecule has 1 spiro atoms. The van der Waals surface area contributed by atoms with Gasteiger partial charge in [-0.1, -0.05) is 13.8 Å². The van der Waals surface area contributed by atoms with E-state index in [1.54, 1.807) is 28.3 Å². The molecule has 4 heterocycles. The number of furan rings is 1. The predicted octanol–water partition coefficient (Wildman–Crippen LogP) is 1.24. The van der Waals surface area contributed by atoms with E-state index >= 15 is 0 Å². The predicted molar refractivity (Wildman–Crippen MR) is 90.7 cm³/mol. The summed E-state index contributed by atoms with van der Waals surface area (Å²) >= 11 is 0. The smallest absolute Gasteiger partial charge is 0.289 e. The molecule has 3 atom stereocenters. The number of morpholine rings is 1. The fraction of sp³-hybridized carbons (Fsp3) is 0.706. The molecule has 2 bridgehead atoms. The maximum atomic E-state index is 12.9. The van der Waals surface area contributed by atoms with E-state index in [9.17, 15) is 13.2 Å². The van der Waals surface area contributed by atoms with E-state index in [-0.39, 0.29) is 17.9 Å². The quantitative estimate of drug-likeness (QED) is 0.802. The third-order valence-corrected chi connectivity index (χ3v) is 7.66. The van der Waals surface area contributed by atoms with Crippen LogP contribution >= 0.6 is 0 Å². The van der Waals surface area contributed by atoms with E-state index in [1.807, 2.05) is 13.8 Å². The van der Waals surface area contributed by atoms with Crippen LogP contribution in [0.1, 0.15) is 36.6 Å². The van der Waals surface area contributed by atoms with Crippen molar-refractivity contribution in [1.82, 2.24) is 9.21 Å². The van der Waals surface area contributed by atoms with Crippen molar-refractivity contribution in [3.8, 4) is 0 Å². The van der Waals surface area contributed by atoms with Gasteiger partial charge in [-0.25, -0.2) is 8.42 Å². The van der Waals surface area contributed by atoms with Crippen LogP contribution in [0.25, 0.3) is 0 Å². The van der Waals surface area contributed by atoms with Crippen LogP contribution in [0.5, 0.6) is 0 Å². The van der Waals surface area contributed by atoms with Gasteiger partial charge in [-0.3, -0.25) is 4.79 Å². The van der Waals surface area contributed by atoms with Crippen LogP contribution in [0.4, 0.5) is 0 Å². The Kier molecular flexibility index (Phi) is 3.79. The molecule has 0 unspecified atom stereocenters. The zero-order valence-electron chi connectivity index (χ0n) is 14.8. The van der Waals surface area contributed by atoms with Crippen molar-refractivity contribution in [1.29, 1.82) is 0 Å². The lowest BCUT2D eigenvalue weighted by molar-refractivity contribution is -0.0984. The molecule has 3 fully saturated rings. The largest absolute Gasteiger partial charge is 0.456 e. The van der Waals surface area contributed by atoms with Crippen LogP contribution in [-0.4, -0.2) is 66.7 Å². The summed E-state index contributed by atoms with van der Waals surface area (Å²) in [6.45, 7) is 7.32. The average molecular weight is 368 g/mol. The molecule has 3 saturated heterocycles. The summed E-state index contributed by atoms with van der Waals surface area (Å²) in [6.07, 6.45) is 0.229. The summed E-state index contributed by atoms with van der Waals surface area (Å²) in [5.74, 6) is 1.03. The summed E-state index contributed by atoms with van der Waals surface area (Å²) in [4.78, 5) is 14.4. The van der Waals surface area contributed by atoms with Gasteiger partial charge in [0.25, 0.3) is 5.91 Å². The van der Waals surface area contributed by atoms with Gasteiger partial charge in [0.05, 0.1) is 12.6 Å². The number of hydrogen-bond donors (Lipinski definition) is 0. The standard InChI is InChI=1S/C17H24N2O5S/c1-11(2)7-19-10-17-9-18(16(20)14-5-4-12(3)23-14)8-13(24-17)6-15(17)25(19,21)22/h4-5,11,13,15H,6-10H2,1-3H3/t13-,15+,17+/m1/s1. The molecule has 0 aliphatic carbocycles. The molecule has 1 aromatic rings. The normalized spacial score (nSPS) is 33.8. The highest BCUT2D eigenvalue weighted by Gasteiger charge is 2.65. The number of ether oxygens (including phenoxy) is 1. The molecule has 3 aliphatic rings. The van der Waals surface area contributed by atoms with Crippen molar-refractivity contribution in [2.24, 2.45) is 5.92 Å². The first-order valence-electron chi connectivity index (χ1n) is 8.74. The number of aryl methyl sites for hydroxylation is 1. The number of rotatable bonds is 3. The summed E-state index contributed by atoms with van der Waals surface area (Å²) in [5, 5.41) is -0.556. The molecule has 0 saturated carbocycles. The third kappa shape index (κ3) is 2.62. The Morgan fingerprint density at radius 1 is 1.36 bits per heavy atom. The molecule has 8 heteroatoms. The van der Waals surface area contributed by atoms with Gasteiger partial charge >= 0.3 is 0 Å². The van der Waals surface area contributed by atoms with Crippen molar-refractivity contribution < 1.29 is 22.4 Å². The Labute approximate surface area is 148 Å². The summed E-state index contributed by atoms with van der Waals surface area (Å²) in [7, 11) is -3.39. The molecule has 25 heavy (non-hydrogen) atoms. The number of carbonyl (C=O) groups excluding carboxylic acids is 1. The molecule has 3 aliphatic heterocycles. The Morgan fingerprint density at radius 3 is 2.76 bits per heavy atom. The van der Waals surface area contributed by atoms with E-state index < -0.39 is 20.9 Å². The third-order valence-electron chi connectivity index (χ3n) is 5.32. The molecule has 0 aromatic carbocycles.